The van der Waals surface area contributed by atoms with Crippen LogP contribution in [0.3, 0.4) is 0 Å². The van der Waals surface area contributed by atoms with Gasteiger partial charge in [0.1, 0.15) is 17.4 Å². The number of benzene rings is 1. The van der Waals surface area contributed by atoms with Gasteiger partial charge < -0.3 is 9.67 Å². The average Bonchev–Trinajstić information content (AvgIpc) is 2.76. The summed E-state index contributed by atoms with van der Waals surface area (Å²) in [5, 5.41) is 17.7. The van der Waals surface area contributed by atoms with E-state index in [2.05, 4.69) is 14.8 Å². The maximum Gasteiger partial charge on any atom is 0.137 e. The van der Waals surface area contributed by atoms with E-state index in [4.69, 9.17) is 0 Å². The van der Waals surface area contributed by atoms with Crippen molar-refractivity contribution in [1.82, 2.24) is 14.8 Å². The van der Waals surface area contributed by atoms with Crippen molar-refractivity contribution >= 4 is 0 Å². The van der Waals surface area contributed by atoms with Gasteiger partial charge in [0.05, 0.1) is 0 Å². The fourth-order valence-electron chi connectivity index (χ4n) is 2.30. The van der Waals surface area contributed by atoms with E-state index in [1.54, 1.807) is 12.1 Å². The number of hydrogen-bond acceptors (Lipinski definition) is 3. The lowest BCUT2D eigenvalue weighted by Gasteiger charge is -2.14. The molecule has 2 aromatic rings. The predicted molar refractivity (Wildman–Crippen MR) is 63.9 cm³/mol. The Kier molecular flexibility index (Phi) is 2.55. The Morgan fingerprint density at radius 2 is 1.94 bits per heavy atom. The van der Waals surface area contributed by atoms with Gasteiger partial charge in [0.15, 0.2) is 0 Å². The van der Waals surface area contributed by atoms with E-state index in [1.165, 1.54) is 12.8 Å². The van der Waals surface area contributed by atoms with Gasteiger partial charge in [-0.15, -0.1) is 10.2 Å². The zero-order valence-electron chi connectivity index (χ0n) is 9.63. The minimum absolute atomic E-state index is 0.303. The van der Waals surface area contributed by atoms with Crippen molar-refractivity contribution in [2.24, 2.45) is 0 Å². The van der Waals surface area contributed by atoms with Crippen molar-refractivity contribution in [3.05, 3.63) is 41.5 Å². The van der Waals surface area contributed by atoms with E-state index in [9.17, 15) is 5.11 Å². The maximum atomic E-state index is 9.24. The Hall–Kier alpha value is -1.84. The Labute approximate surface area is 99.9 Å². The molecule has 0 bridgehead atoms. The van der Waals surface area contributed by atoms with Crippen LogP contribution in [-0.4, -0.2) is 19.9 Å². The summed E-state index contributed by atoms with van der Waals surface area (Å²) in [4.78, 5) is 0. The zero-order chi connectivity index (χ0) is 11.7. The monoisotopic (exact) mass is 229 g/mol. The summed E-state index contributed by atoms with van der Waals surface area (Å²) in [6.45, 7) is 1.04. The number of rotatable bonds is 2. The number of aryl methyl sites for hydroxylation is 1. The number of hydrogen-bond donors (Lipinski definition) is 1. The molecular weight excluding hydrogens is 214 g/mol. The van der Waals surface area contributed by atoms with Crippen LogP contribution in [0.2, 0.25) is 0 Å². The number of nitrogens with zero attached hydrogens (tertiary/aromatic N) is 3. The van der Waals surface area contributed by atoms with Crippen LogP contribution in [0.15, 0.2) is 24.3 Å². The van der Waals surface area contributed by atoms with Crippen molar-refractivity contribution < 1.29 is 5.11 Å². The number of aromatic nitrogens is 3. The molecule has 0 radical (unpaired) electrons. The third kappa shape index (κ3) is 2.02. The second-order valence-electron chi connectivity index (χ2n) is 4.48. The molecule has 0 saturated heterocycles. The SMILES string of the molecule is Oc1ccc(Cc2nnc3n2CCCC3)cc1. The van der Waals surface area contributed by atoms with Gasteiger partial charge in [0.25, 0.3) is 0 Å². The minimum atomic E-state index is 0.303. The van der Waals surface area contributed by atoms with Crippen molar-refractivity contribution in [3.8, 4) is 5.75 Å². The first-order chi connectivity index (χ1) is 8.33. The second-order valence-corrected chi connectivity index (χ2v) is 4.48. The van der Waals surface area contributed by atoms with Crippen LogP contribution in [0.5, 0.6) is 5.75 Å². The van der Waals surface area contributed by atoms with Gasteiger partial charge in [-0.05, 0) is 30.5 Å². The highest BCUT2D eigenvalue weighted by molar-refractivity contribution is 5.27. The topological polar surface area (TPSA) is 50.9 Å². The van der Waals surface area contributed by atoms with Crippen LogP contribution in [0.4, 0.5) is 0 Å². The fraction of sp³-hybridized carbons (Fsp3) is 0.385. The van der Waals surface area contributed by atoms with Gasteiger partial charge in [-0.2, -0.15) is 0 Å². The molecule has 0 saturated carbocycles. The van der Waals surface area contributed by atoms with Gasteiger partial charge in [0.2, 0.25) is 0 Å². The first-order valence-corrected chi connectivity index (χ1v) is 6.02. The van der Waals surface area contributed by atoms with Crippen molar-refractivity contribution in [3.63, 3.8) is 0 Å². The predicted octanol–water partition coefficient (Wildman–Crippen LogP) is 1.91. The molecule has 1 aromatic heterocycles. The van der Waals surface area contributed by atoms with Crippen LogP contribution < -0.4 is 0 Å². The van der Waals surface area contributed by atoms with Crippen molar-refractivity contribution in [2.75, 3.05) is 0 Å². The molecule has 4 nitrogen and oxygen atoms in total. The Morgan fingerprint density at radius 3 is 2.76 bits per heavy atom. The fourth-order valence-corrected chi connectivity index (χ4v) is 2.30. The Morgan fingerprint density at radius 1 is 1.12 bits per heavy atom. The van der Waals surface area contributed by atoms with Crippen LogP contribution in [0.1, 0.15) is 30.1 Å². The molecule has 0 fully saturated rings. The largest absolute Gasteiger partial charge is 0.508 e. The van der Waals surface area contributed by atoms with E-state index in [1.807, 2.05) is 12.1 Å². The number of fused-ring (bicyclic) bond motifs is 1. The Bertz CT molecular complexity index is 516. The summed E-state index contributed by atoms with van der Waals surface area (Å²) in [6.07, 6.45) is 4.26. The number of phenols is 1. The molecule has 1 N–H and O–H groups in total. The standard InChI is InChI=1S/C13H15N3O/c17-11-6-4-10(5-7-11)9-13-15-14-12-3-1-2-8-16(12)13/h4-7,17H,1-3,8-9H2. The van der Waals surface area contributed by atoms with Gasteiger partial charge in [-0.3, -0.25) is 0 Å². The second kappa shape index (κ2) is 4.20. The molecule has 4 heteroatoms. The zero-order valence-corrected chi connectivity index (χ0v) is 9.63. The lowest BCUT2D eigenvalue weighted by molar-refractivity contribution is 0.475. The highest BCUT2D eigenvalue weighted by atomic mass is 16.3. The summed E-state index contributed by atoms with van der Waals surface area (Å²) >= 11 is 0. The maximum absolute atomic E-state index is 9.24. The Balaban J connectivity index is 1.85. The molecule has 0 amide bonds. The molecule has 0 unspecified atom stereocenters. The lowest BCUT2D eigenvalue weighted by atomic mass is 10.1. The molecule has 1 aliphatic heterocycles. The minimum Gasteiger partial charge on any atom is -0.508 e. The van der Waals surface area contributed by atoms with Crippen LogP contribution >= 0.6 is 0 Å². The van der Waals surface area contributed by atoms with Gasteiger partial charge in [-0.1, -0.05) is 12.1 Å². The lowest BCUT2D eigenvalue weighted by Crippen LogP contribution is -2.13. The molecule has 17 heavy (non-hydrogen) atoms. The van der Waals surface area contributed by atoms with Crippen LogP contribution in [0.25, 0.3) is 0 Å². The number of aromatic hydroxyl groups is 1. The first-order valence-electron chi connectivity index (χ1n) is 6.02. The normalized spacial score (nSPS) is 14.6. The molecule has 3 rings (SSSR count). The summed E-state index contributed by atoms with van der Waals surface area (Å²) in [6, 6.07) is 7.28. The molecule has 1 aromatic carbocycles. The third-order valence-electron chi connectivity index (χ3n) is 3.23. The quantitative estimate of drug-likeness (QED) is 0.855. The molecule has 88 valence electrons. The van der Waals surface area contributed by atoms with Crippen LogP contribution in [-0.2, 0) is 19.4 Å². The highest BCUT2D eigenvalue weighted by Gasteiger charge is 2.15. The third-order valence-corrected chi connectivity index (χ3v) is 3.23. The molecule has 0 atom stereocenters. The molecular formula is C13H15N3O. The van der Waals surface area contributed by atoms with Crippen molar-refractivity contribution in [2.45, 2.75) is 32.2 Å². The van der Waals surface area contributed by atoms with Crippen LogP contribution in [0, 0.1) is 0 Å². The van der Waals surface area contributed by atoms with E-state index in [0.29, 0.717) is 5.75 Å². The summed E-state index contributed by atoms with van der Waals surface area (Å²) < 4.78 is 2.23. The van der Waals surface area contributed by atoms with E-state index in [-0.39, 0.29) is 0 Å². The first kappa shape index (κ1) is 10.3. The molecule has 0 spiro atoms. The smallest absolute Gasteiger partial charge is 0.137 e. The van der Waals surface area contributed by atoms with Gasteiger partial charge in [-0.25, -0.2) is 0 Å². The van der Waals surface area contributed by atoms with Gasteiger partial charge in [0, 0.05) is 19.4 Å². The van der Waals surface area contributed by atoms with Gasteiger partial charge >= 0.3 is 0 Å². The van der Waals surface area contributed by atoms with E-state index in [0.717, 1.165) is 36.6 Å². The van der Waals surface area contributed by atoms with E-state index >= 15 is 0 Å². The summed E-state index contributed by atoms with van der Waals surface area (Å²) in [7, 11) is 0. The summed E-state index contributed by atoms with van der Waals surface area (Å²) in [5.74, 6) is 2.45. The molecule has 1 aliphatic rings. The molecule has 2 heterocycles. The molecule has 0 aliphatic carbocycles. The van der Waals surface area contributed by atoms with E-state index < -0.39 is 0 Å². The average molecular weight is 229 g/mol. The highest BCUT2D eigenvalue weighted by Crippen LogP contribution is 2.17. The van der Waals surface area contributed by atoms with Crippen molar-refractivity contribution in [1.29, 1.82) is 0 Å². The number of phenolic OH excluding ortho intramolecular Hbond substituents is 1. The summed E-state index contributed by atoms with van der Waals surface area (Å²) in [5.41, 5.74) is 1.16.